The summed E-state index contributed by atoms with van der Waals surface area (Å²) in [6.07, 6.45) is 0. The molecule has 1 amide bonds. The molecule has 0 fully saturated rings. The van der Waals surface area contributed by atoms with E-state index in [-0.39, 0.29) is 28.6 Å². The van der Waals surface area contributed by atoms with E-state index in [0.29, 0.717) is 5.56 Å². The van der Waals surface area contributed by atoms with Gasteiger partial charge in [0.25, 0.3) is 5.91 Å². The van der Waals surface area contributed by atoms with E-state index >= 15 is 0 Å². The number of benzene rings is 1. The third-order valence-electron chi connectivity index (χ3n) is 1.77. The topological polar surface area (TPSA) is 29.1 Å². The lowest BCUT2D eigenvalue weighted by molar-refractivity contribution is -0.0328. The van der Waals surface area contributed by atoms with Gasteiger partial charge in [-0.1, -0.05) is 0 Å². The molecular weight excluding hydrogens is 251 g/mol. The second-order valence-electron chi connectivity index (χ2n) is 3.70. The average molecular weight is 263 g/mol. The van der Waals surface area contributed by atoms with Crippen LogP contribution in [0.2, 0.25) is 0 Å². The molecule has 0 aliphatic heterocycles. The zero-order chi connectivity index (χ0) is 13.1. The molecule has 94 valence electrons. The Morgan fingerprint density at radius 2 is 1.76 bits per heavy atom. The standard InChI is InChI=1S/C11H12F3NOS/c1-7(2)15-10(16)8-3-5-9(6-4-8)17-11(12,13)14/h3-7H,1-2H3,(H,15,16). The van der Waals surface area contributed by atoms with Crippen molar-refractivity contribution in [2.45, 2.75) is 30.3 Å². The van der Waals surface area contributed by atoms with Gasteiger partial charge in [-0.2, -0.15) is 13.2 Å². The van der Waals surface area contributed by atoms with Crippen molar-refractivity contribution in [3.05, 3.63) is 29.8 Å². The van der Waals surface area contributed by atoms with E-state index in [2.05, 4.69) is 5.32 Å². The summed E-state index contributed by atoms with van der Waals surface area (Å²) in [5.74, 6) is -0.288. The highest BCUT2D eigenvalue weighted by Crippen LogP contribution is 2.36. The first kappa shape index (κ1) is 13.9. The molecule has 2 nitrogen and oxygen atoms in total. The Morgan fingerprint density at radius 1 is 1.24 bits per heavy atom. The Labute approximate surface area is 102 Å². The summed E-state index contributed by atoms with van der Waals surface area (Å²) < 4.78 is 36.2. The van der Waals surface area contributed by atoms with Crippen molar-refractivity contribution in [2.75, 3.05) is 0 Å². The fraction of sp³-hybridized carbons (Fsp3) is 0.364. The molecule has 0 heterocycles. The van der Waals surface area contributed by atoms with Crippen molar-refractivity contribution in [1.82, 2.24) is 5.32 Å². The maximum atomic E-state index is 12.1. The molecule has 0 aromatic heterocycles. The first-order valence-electron chi connectivity index (χ1n) is 4.94. The van der Waals surface area contributed by atoms with Crippen LogP contribution in [0.5, 0.6) is 0 Å². The van der Waals surface area contributed by atoms with E-state index in [9.17, 15) is 18.0 Å². The van der Waals surface area contributed by atoms with Crippen LogP contribution in [-0.4, -0.2) is 17.5 Å². The Bertz CT molecular complexity index is 387. The zero-order valence-corrected chi connectivity index (χ0v) is 10.2. The van der Waals surface area contributed by atoms with Crippen LogP contribution in [0.3, 0.4) is 0 Å². The maximum absolute atomic E-state index is 12.1. The number of rotatable bonds is 3. The predicted molar refractivity (Wildman–Crippen MR) is 61.0 cm³/mol. The Balaban J connectivity index is 2.71. The Kier molecular flexibility index (Phi) is 4.45. The fourth-order valence-electron chi connectivity index (χ4n) is 1.15. The molecule has 1 aromatic carbocycles. The number of alkyl halides is 3. The summed E-state index contributed by atoms with van der Waals surface area (Å²) in [5, 5.41) is 2.66. The third-order valence-corrected chi connectivity index (χ3v) is 2.51. The van der Waals surface area contributed by atoms with Crippen molar-refractivity contribution in [2.24, 2.45) is 0 Å². The minimum absolute atomic E-state index is 0.00766. The van der Waals surface area contributed by atoms with Crippen molar-refractivity contribution in [3.63, 3.8) is 0 Å². The minimum Gasteiger partial charge on any atom is -0.350 e. The smallest absolute Gasteiger partial charge is 0.350 e. The van der Waals surface area contributed by atoms with E-state index in [1.165, 1.54) is 24.3 Å². The van der Waals surface area contributed by atoms with Gasteiger partial charge in [0.05, 0.1) is 0 Å². The largest absolute Gasteiger partial charge is 0.446 e. The van der Waals surface area contributed by atoms with Crippen LogP contribution in [0.15, 0.2) is 29.2 Å². The van der Waals surface area contributed by atoms with Gasteiger partial charge in [-0.15, -0.1) is 0 Å². The molecule has 17 heavy (non-hydrogen) atoms. The normalized spacial score (nSPS) is 11.6. The molecule has 0 aliphatic carbocycles. The van der Waals surface area contributed by atoms with Gasteiger partial charge in [0.1, 0.15) is 0 Å². The van der Waals surface area contributed by atoms with E-state index in [1.54, 1.807) is 0 Å². The van der Waals surface area contributed by atoms with Crippen molar-refractivity contribution in [3.8, 4) is 0 Å². The van der Waals surface area contributed by atoms with Gasteiger partial charge < -0.3 is 5.32 Å². The summed E-state index contributed by atoms with van der Waals surface area (Å²) in [5.41, 5.74) is -3.95. The second kappa shape index (κ2) is 5.44. The van der Waals surface area contributed by atoms with Gasteiger partial charge in [-0.3, -0.25) is 4.79 Å². The predicted octanol–water partition coefficient (Wildman–Crippen LogP) is 3.44. The van der Waals surface area contributed by atoms with Crippen LogP contribution < -0.4 is 5.32 Å². The van der Waals surface area contributed by atoms with Crippen LogP contribution >= 0.6 is 11.8 Å². The number of halogens is 3. The summed E-state index contributed by atoms with van der Waals surface area (Å²) in [6.45, 7) is 3.62. The number of amides is 1. The van der Waals surface area contributed by atoms with E-state index in [4.69, 9.17) is 0 Å². The van der Waals surface area contributed by atoms with Gasteiger partial charge in [0, 0.05) is 16.5 Å². The number of thioether (sulfide) groups is 1. The fourth-order valence-corrected chi connectivity index (χ4v) is 1.69. The van der Waals surface area contributed by atoms with Crippen LogP contribution in [0.1, 0.15) is 24.2 Å². The van der Waals surface area contributed by atoms with E-state index < -0.39 is 5.51 Å². The number of nitrogens with one attached hydrogen (secondary N) is 1. The summed E-state index contributed by atoms with van der Waals surface area (Å²) in [4.78, 5) is 11.6. The van der Waals surface area contributed by atoms with Crippen LogP contribution in [-0.2, 0) is 0 Å². The van der Waals surface area contributed by atoms with E-state index in [1.807, 2.05) is 13.8 Å². The molecular formula is C11H12F3NOS. The van der Waals surface area contributed by atoms with Gasteiger partial charge in [-0.25, -0.2) is 0 Å². The minimum atomic E-state index is -4.30. The SMILES string of the molecule is CC(C)NC(=O)c1ccc(SC(F)(F)F)cc1. The van der Waals surface area contributed by atoms with Crippen LogP contribution in [0.4, 0.5) is 13.2 Å². The van der Waals surface area contributed by atoms with Gasteiger partial charge in [0.15, 0.2) is 0 Å². The zero-order valence-electron chi connectivity index (χ0n) is 9.34. The molecule has 1 rings (SSSR count). The average Bonchev–Trinajstić information content (AvgIpc) is 2.15. The Hall–Kier alpha value is -1.17. The molecule has 6 heteroatoms. The molecule has 0 unspecified atom stereocenters. The lowest BCUT2D eigenvalue weighted by atomic mass is 10.2. The van der Waals surface area contributed by atoms with Crippen LogP contribution in [0.25, 0.3) is 0 Å². The van der Waals surface area contributed by atoms with Crippen molar-refractivity contribution in [1.29, 1.82) is 0 Å². The number of carbonyl (C=O) groups is 1. The van der Waals surface area contributed by atoms with Gasteiger partial charge >= 0.3 is 5.51 Å². The van der Waals surface area contributed by atoms with Gasteiger partial charge in [0.2, 0.25) is 0 Å². The maximum Gasteiger partial charge on any atom is 0.446 e. The number of carbonyl (C=O) groups excluding carboxylic acids is 1. The van der Waals surface area contributed by atoms with E-state index in [0.717, 1.165) is 0 Å². The molecule has 0 saturated carbocycles. The third kappa shape index (κ3) is 5.12. The summed E-state index contributed by atoms with van der Waals surface area (Å²) in [6, 6.07) is 5.32. The lowest BCUT2D eigenvalue weighted by Crippen LogP contribution is -2.29. The molecule has 0 spiro atoms. The molecule has 0 saturated heterocycles. The van der Waals surface area contributed by atoms with Crippen molar-refractivity contribution < 1.29 is 18.0 Å². The molecule has 0 aliphatic rings. The molecule has 0 radical (unpaired) electrons. The van der Waals surface area contributed by atoms with Gasteiger partial charge in [-0.05, 0) is 49.9 Å². The molecule has 0 atom stereocenters. The lowest BCUT2D eigenvalue weighted by Gasteiger charge is -2.09. The highest BCUT2D eigenvalue weighted by Gasteiger charge is 2.29. The highest BCUT2D eigenvalue weighted by molar-refractivity contribution is 8.00. The number of hydrogen-bond acceptors (Lipinski definition) is 2. The summed E-state index contributed by atoms with van der Waals surface area (Å²) in [7, 11) is 0. The monoisotopic (exact) mass is 263 g/mol. The molecule has 1 N–H and O–H groups in total. The first-order valence-corrected chi connectivity index (χ1v) is 5.76. The second-order valence-corrected chi connectivity index (χ2v) is 4.84. The Morgan fingerprint density at radius 3 is 2.18 bits per heavy atom. The quantitative estimate of drug-likeness (QED) is 0.846. The first-order chi connectivity index (χ1) is 7.78. The van der Waals surface area contributed by atoms with Crippen LogP contribution in [0, 0.1) is 0 Å². The molecule has 0 bridgehead atoms. The molecule has 1 aromatic rings. The highest BCUT2D eigenvalue weighted by atomic mass is 32.2. The van der Waals surface area contributed by atoms with Crippen molar-refractivity contribution >= 4 is 17.7 Å². The number of hydrogen-bond donors (Lipinski definition) is 1. The summed E-state index contributed by atoms with van der Waals surface area (Å²) >= 11 is -0.197.